The van der Waals surface area contributed by atoms with Crippen molar-refractivity contribution in [3.05, 3.63) is 39.7 Å². The predicted molar refractivity (Wildman–Crippen MR) is 99.4 cm³/mol. The summed E-state index contributed by atoms with van der Waals surface area (Å²) >= 11 is 1.87. The van der Waals surface area contributed by atoms with E-state index in [0.717, 1.165) is 39.1 Å². The maximum atomic E-state index is 12.6. The van der Waals surface area contributed by atoms with Crippen molar-refractivity contribution < 1.29 is 13.9 Å². The Kier molecular flexibility index (Phi) is 4.86. The van der Waals surface area contributed by atoms with E-state index in [9.17, 15) is 4.79 Å². The van der Waals surface area contributed by atoms with Crippen LogP contribution in [0.5, 0.6) is 0 Å². The van der Waals surface area contributed by atoms with Crippen LogP contribution in [0.1, 0.15) is 38.8 Å². The number of piperidine rings is 1. The van der Waals surface area contributed by atoms with Crippen molar-refractivity contribution in [2.45, 2.75) is 38.8 Å². The third-order valence-electron chi connectivity index (χ3n) is 5.41. The van der Waals surface area contributed by atoms with E-state index in [4.69, 9.17) is 9.15 Å². The molecule has 0 saturated carbocycles. The molecule has 2 aromatic heterocycles. The van der Waals surface area contributed by atoms with Crippen molar-refractivity contribution in [1.29, 1.82) is 0 Å². The fourth-order valence-corrected chi connectivity index (χ4v) is 4.86. The van der Waals surface area contributed by atoms with Crippen molar-refractivity contribution in [2.24, 2.45) is 0 Å². The first kappa shape index (κ1) is 17.7. The lowest BCUT2D eigenvalue weighted by Crippen LogP contribution is -2.57. The van der Waals surface area contributed by atoms with Gasteiger partial charge in [0.15, 0.2) is 12.1 Å². The molecule has 0 aliphatic carbocycles. The van der Waals surface area contributed by atoms with Gasteiger partial charge in [-0.1, -0.05) is 0 Å². The first-order valence-electron chi connectivity index (χ1n) is 9.16. The molecule has 0 aromatic carbocycles. The van der Waals surface area contributed by atoms with Crippen LogP contribution in [-0.2, 0) is 11.3 Å². The lowest BCUT2D eigenvalue weighted by Gasteiger charge is -2.47. The molecule has 0 unspecified atom stereocenters. The van der Waals surface area contributed by atoms with E-state index in [-0.39, 0.29) is 11.5 Å². The number of amides is 1. The zero-order chi connectivity index (χ0) is 18.1. The maximum absolute atomic E-state index is 12.6. The molecule has 0 atom stereocenters. The van der Waals surface area contributed by atoms with Crippen LogP contribution in [0.4, 0.5) is 0 Å². The summed E-state index contributed by atoms with van der Waals surface area (Å²) < 4.78 is 11.4. The van der Waals surface area contributed by atoms with Crippen LogP contribution in [-0.4, -0.2) is 59.1 Å². The zero-order valence-corrected chi connectivity index (χ0v) is 16.2. The van der Waals surface area contributed by atoms with Gasteiger partial charge in [-0.25, -0.2) is 4.98 Å². The normalized spacial score (nSPS) is 20.6. The van der Waals surface area contributed by atoms with Crippen LogP contribution in [0, 0.1) is 13.8 Å². The van der Waals surface area contributed by atoms with Crippen LogP contribution in [0.3, 0.4) is 0 Å². The molecule has 1 amide bonds. The quantitative estimate of drug-likeness (QED) is 0.826. The molecule has 2 aliphatic rings. The summed E-state index contributed by atoms with van der Waals surface area (Å²) in [6.07, 6.45) is 3.08. The van der Waals surface area contributed by atoms with E-state index >= 15 is 0 Å². The monoisotopic (exact) mass is 375 g/mol. The number of oxazole rings is 1. The first-order valence-corrected chi connectivity index (χ1v) is 9.97. The molecule has 0 N–H and O–H groups in total. The number of carbonyl (C=O) groups excluding carboxylic acids is 1. The highest BCUT2D eigenvalue weighted by Crippen LogP contribution is 2.32. The van der Waals surface area contributed by atoms with E-state index in [2.05, 4.69) is 28.9 Å². The Balaban J connectivity index is 1.36. The fourth-order valence-electron chi connectivity index (χ4n) is 3.93. The van der Waals surface area contributed by atoms with Crippen molar-refractivity contribution in [1.82, 2.24) is 14.8 Å². The summed E-state index contributed by atoms with van der Waals surface area (Å²) in [6, 6.07) is 4.41. The van der Waals surface area contributed by atoms with Gasteiger partial charge < -0.3 is 14.1 Å². The Bertz CT molecular complexity index is 777. The first-order chi connectivity index (χ1) is 12.5. The highest BCUT2D eigenvalue weighted by atomic mass is 32.1. The van der Waals surface area contributed by atoms with Crippen molar-refractivity contribution in [3.8, 4) is 0 Å². The lowest BCUT2D eigenvalue weighted by molar-refractivity contribution is -0.134. The fraction of sp³-hybridized carbons (Fsp3) is 0.579. The standard InChI is InChI=1S/C19H25N3O3S/c1-14-3-4-16(26-14)11-21-9-10-25-19(12-21)5-7-22(8-6-19)18(23)17-15(2)24-13-20-17/h3-4,13H,5-12H2,1-2H3. The van der Waals surface area contributed by atoms with Gasteiger partial charge in [0.25, 0.3) is 5.91 Å². The van der Waals surface area contributed by atoms with E-state index in [0.29, 0.717) is 24.5 Å². The highest BCUT2D eigenvalue weighted by Gasteiger charge is 2.41. The Labute approximate surface area is 157 Å². The van der Waals surface area contributed by atoms with Gasteiger partial charge in [-0.05, 0) is 38.8 Å². The second-order valence-electron chi connectivity index (χ2n) is 7.30. The van der Waals surface area contributed by atoms with Crippen molar-refractivity contribution >= 4 is 17.2 Å². The van der Waals surface area contributed by atoms with Gasteiger partial charge in [-0.3, -0.25) is 9.69 Å². The number of ether oxygens (including phenoxy) is 1. The summed E-state index contributed by atoms with van der Waals surface area (Å²) in [4.78, 5) is 23.8. The van der Waals surface area contributed by atoms with Gasteiger partial charge in [0, 0.05) is 42.5 Å². The lowest BCUT2D eigenvalue weighted by atomic mass is 9.89. The molecular formula is C19H25N3O3S. The Morgan fingerprint density at radius 3 is 2.73 bits per heavy atom. The molecule has 2 aliphatic heterocycles. The molecule has 1 spiro atoms. The Morgan fingerprint density at radius 1 is 1.27 bits per heavy atom. The summed E-state index contributed by atoms with van der Waals surface area (Å²) in [5.74, 6) is 0.550. The number of carbonyl (C=O) groups is 1. The largest absolute Gasteiger partial charge is 0.448 e. The molecule has 2 aromatic rings. The summed E-state index contributed by atoms with van der Waals surface area (Å²) in [7, 11) is 0. The van der Waals surface area contributed by atoms with Gasteiger partial charge in [0.1, 0.15) is 5.76 Å². The molecule has 0 bridgehead atoms. The smallest absolute Gasteiger partial charge is 0.276 e. The summed E-state index contributed by atoms with van der Waals surface area (Å²) in [5.41, 5.74) is 0.306. The average Bonchev–Trinajstić information content (AvgIpc) is 3.23. The number of hydrogen-bond acceptors (Lipinski definition) is 6. The second kappa shape index (κ2) is 7.13. The van der Waals surface area contributed by atoms with E-state index in [1.165, 1.54) is 16.1 Å². The summed E-state index contributed by atoms with van der Waals surface area (Å²) in [6.45, 7) is 9.01. The minimum Gasteiger partial charge on any atom is -0.448 e. The molecule has 0 radical (unpaired) electrons. The minimum absolute atomic E-state index is 0.0344. The molecule has 2 fully saturated rings. The molecular weight excluding hydrogens is 350 g/mol. The zero-order valence-electron chi connectivity index (χ0n) is 15.4. The van der Waals surface area contributed by atoms with Gasteiger partial charge >= 0.3 is 0 Å². The number of likely N-dealkylation sites (tertiary alicyclic amines) is 1. The number of aryl methyl sites for hydroxylation is 2. The molecule has 4 rings (SSSR count). The van der Waals surface area contributed by atoms with E-state index in [1.54, 1.807) is 6.92 Å². The van der Waals surface area contributed by atoms with Crippen molar-refractivity contribution in [3.63, 3.8) is 0 Å². The van der Waals surface area contributed by atoms with Crippen LogP contribution in [0.25, 0.3) is 0 Å². The molecule has 2 saturated heterocycles. The van der Waals surface area contributed by atoms with E-state index < -0.39 is 0 Å². The highest BCUT2D eigenvalue weighted by molar-refractivity contribution is 7.11. The number of thiophene rings is 1. The number of morpholine rings is 1. The van der Waals surface area contributed by atoms with Gasteiger partial charge in [0.05, 0.1) is 12.2 Å². The maximum Gasteiger partial charge on any atom is 0.276 e. The SMILES string of the molecule is Cc1ccc(CN2CCOC3(CCN(C(=O)c4ncoc4C)CC3)C2)s1. The van der Waals surface area contributed by atoms with Crippen LogP contribution < -0.4 is 0 Å². The molecule has 7 heteroatoms. The third-order valence-corrected chi connectivity index (χ3v) is 6.40. The number of hydrogen-bond donors (Lipinski definition) is 0. The van der Waals surface area contributed by atoms with Crippen LogP contribution >= 0.6 is 11.3 Å². The minimum atomic E-state index is -0.125. The number of aromatic nitrogens is 1. The predicted octanol–water partition coefficient (Wildman–Crippen LogP) is 2.86. The number of nitrogens with zero attached hydrogens (tertiary/aromatic N) is 3. The van der Waals surface area contributed by atoms with Gasteiger partial charge in [-0.15, -0.1) is 11.3 Å². The molecule has 26 heavy (non-hydrogen) atoms. The molecule has 4 heterocycles. The Morgan fingerprint density at radius 2 is 2.08 bits per heavy atom. The topological polar surface area (TPSA) is 58.8 Å². The number of rotatable bonds is 3. The van der Waals surface area contributed by atoms with Crippen LogP contribution in [0.15, 0.2) is 22.9 Å². The Hall–Kier alpha value is -1.70. The van der Waals surface area contributed by atoms with E-state index in [1.807, 2.05) is 16.2 Å². The average molecular weight is 375 g/mol. The second-order valence-corrected chi connectivity index (χ2v) is 8.68. The molecule has 140 valence electrons. The van der Waals surface area contributed by atoms with Gasteiger partial charge in [0.2, 0.25) is 0 Å². The van der Waals surface area contributed by atoms with Crippen molar-refractivity contribution in [2.75, 3.05) is 32.8 Å². The third kappa shape index (κ3) is 3.56. The van der Waals surface area contributed by atoms with Crippen LogP contribution in [0.2, 0.25) is 0 Å². The van der Waals surface area contributed by atoms with Gasteiger partial charge in [-0.2, -0.15) is 0 Å². The molecule has 6 nitrogen and oxygen atoms in total. The summed E-state index contributed by atoms with van der Waals surface area (Å²) in [5, 5.41) is 0.